The summed E-state index contributed by atoms with van der Waals surface area (Å²) in [5, 5.41) is 0.730. The van der Waals surface area contributed by atoms with Crippen molar-refractivity contribution in [2.24, 2.45) is 11.7 Å². The van der Waals surface area contributed by atoms with Gasteiger partial charge >= 0.3 is 5.97 Å². The third-order valence-corrected chi connectivity index (χ3v) is 8.30. The van der Waals surface area contributed by atoms with Gasteiger partial charge in [0.05, 0.1) is 22.6 Å². The first-order valence-electron chi connectivity index (χ1n) is 13.5. The van der Waals surface area contributed by atoms with E-state index in [1.165, 1.54) is 17.0 Å². The topological polar surface area (TPSA) is 133 Å². The van der Waals surface area contributed by atoms with Crippen molar-refractivity contribution >= 4 is 62.5 Å². The van der Waals surface area contributed by atoms with Crippen LogP contribution in [0, 0.1) is 17.6 Å². The first kappa shape index (κ1) is 34.9. The summed E-state index contributed by atoms with van der Waals surface area (Å²) in [6, 6.07) is 9.31. The lowest BCUT2D eigenvalue weighted by atomic mass is 10.00. The number of sulfonamides is 1. The minimum Gasteiger partial charge on any atom is -0.443 e. The predicted molar refractivity (Wildman–Crippen MR) is 168 cm³/mol. The van der Waals surface area contributed by atoms with Gasteiger partial charge in [-0.2, -0.15) is 0 Å². The van der Waals surface area contributed by atoms with E-state index in [4.69, 9.17) is 22.1 Å². The van der Waals surface area contributed by atoms with Gasteiger partial charge in [0.15, 0.2) is 12.5 Å². The third kappa shape index (κ3) is 7.92. The Bertz CT molecular complexity index is 1780. The average Bonchev–Trinajstić information content (AvgIpc) is 3.31. The molecule has 0 spiro atoms. The number of nitrogens with one attached hydrogen (secondary N) is 1. The van der Waals surface area contributed by atoms with E-state index in [0.717, 1.165) is 12.1 Å². The van der Waals surface area contributed by atoms with Gasteiger partial charge in [-0.15, -0.1) is 12.4 Å². The van der Waals surface area contributed by atoms with Crippen LogP contribution in [0.2, 0.25) is 5.02 Å². The number of hydrogen-bond donors (Lipinski definition) is 2. The molecular weight excluding hydrogens is 637 g/mol. The molecule has 0 radical (unpaired) electrons. The number of carbonyl (C=O) groups excluding carboxylic acids is 2. The second-order valence-corrected chi connectivity index (χ2v) is 12.8. The van der Waals surface area contributed by atoms with E-state index in [9.17, 15) is 18.0 Å². The fourth-order valence-electron chi connectivity index (χ4n) is 4.56. The summed E-state index contributed by atoms with van der Waals surface area (Å²) in [6.45, 7) is 5.08. The minimum absolute atomic E-state index is 0. The number of nitrogens with two attached hydrogens (primary N) is 1. The number of benzene rings is 2. The number of anilines is 1. The van der Waals surface area contributed by atoms with E-state index in [2.05, 4.69) is 9.71 Å². The standard InChI is InChI=1S/C30H31ClF2N4O5S.ClH/c1-4-11-43(40,41)36-25-10-9-23(32)26(27(25)33)28(38)22-15-37(16-42-30(39)24(34)12-17(2)3)29-21(22)13-19(14-35-29)18-5-7-20(31)8-6-18;/h5-10,13-15,17,24,36H,4,11-12,16,34H2,1-3H3;1H/t24-;/m0./s1. The summed E-state index contributed by atoms with van der Waals surface area (Å²) in [7, 11) is -3.93. The number of aromatic nitrogens is 2. The van der Waals surface area contributed by atoms with Crippen molar-refractivity contribution in [1.29, 1.82) is 0 Å². The SMILES string of the molecule is CCCS(=O)(=O)Nc1ccc(F)c(C(=O)c2cn(COC(=O)[C@@H](N)CC(C)C)c3ncc(-c4ccc(Cl)cc4)cc23)c1F.Cl. The Morgan fingerprint density at radius 1 is 1.11 bits per heavy atom. The first-order valence-corrected chi connectivity index (χ1v) is 15.5. The lowest BCUT2D eigenvalue weighted by Gasteiger charge is -2.14. The predicted octanol–water partition coefficient (Wildman–Crippen LogP) is 6.31. The quantitative estimate of drug-likeness (QED) is 0.133. The fourth-order valence-corrected chi connectivity index (χ4v) is 5.81. The largest absolute Gasteiger partial charge is 0.443 e. The molecule has 0 aliphatic heterocycles. The van der Waals surface area contributed by atoms with Crippen molar-refractivity contribution < 1.29 is 31.5 Å². The monoisotopic (exact) mass is 668 g/mol. The fraction of sp³-hybridized carbons (Fsp3) is 0.300. The third-order valence-electron chi connectivity index (χ3n) is 6.57. The Balaban J connectivity index is 0.00000529. The zero-order chi connectivity index (χ0) is 31.5. The van der Waals surface area contributed by atoms with E-state index in [1.54, 1.807) is 37.3 Å². The lowest BCUT2D eigenvalue weighted by Crippen LogP contribution is -2.33. The van der Waals surface area contributed by atoms with Gasteiger partial charge in [0.2, 0.25) is 15.8 Å². The van der Waals surface area contributed by atoms with E-state index < -0.39 is 50.7 Å². The highest BCUT2D eigenvalue weighted by atomic mass is 35.5. The number of nitrogens with zero attached hydrogens (tertiary/aromatic N) is 2. The minimum atomic E-state index is -3.93. The molecule has 0 fully saturated rings. The second-order valence-electron chi connectivity index (χ2n) is 10.5. The van der Waals surface area contributed by atoms with E-state index in [-0.39, 0.29) is 53.8 Å². The molecular formula is C30H32Cl2F2N4O5S. The molecule has 0 saturated carbocycles. The molecule has 1 atom stereocenters. The summed E-state index contributed by atoms with van der Waals surface area (Å²) < 4.78 is 63.9. The molecule has 0 aliphatic rings. The Hall–Kier alpha value is -3.58. The summed E-state index contributed by atoms with van der Waals surface area (Å²) in [4.78, 5) is 30.7. The molecule has 236 valence electrons. The van der Waals surface area contributed by atoms with Crippen LogP contribution in [0.1, 0.15) is 49.5 Å². The maximum Gasteiger partial charge on any atom is 0.324 e. The van der Waals surface area contributed by atoms with Crippen LogP contribution in [-0.2, 0) is 26.3 Å². The Morgan fingerprint density at radius 2 is 1.80 bits per heavy atom. The van der Waals surface area contributed by atoms with Crippen molar-refractivity contribution in [2.75, 3.05) is 10.5 Å². The number of carbonyl (C=O) groups is 2. The smallest absolute Gasteiger partial charge is 0.324 e. The maximum absolute atomic E-state index is 15.6. The zero-order valence-corrected chi connectivity index (χ0v) is 26.5. The molecule has 2 aromatic carbocycles. The molecule has 0 unspecified atom stereocenters. The van der Waals surface area contributed by atoms with Crippen molar-refractivity contribution in [3.63, 3.8) is 0 Å². The number of fused-ring (bicyclic) bond motifs is 1. The van der Waals surface area contributed by atoms with Crippen molar-refractivity contribution in [3.8, 4) is 11.1 Å². The van der Waals surface area contributed by atoms with Gasteiger partial charge in [0, 0.05) is 28.4 Å². The van der Waals surface area contributed by atoms with Crippen LogP contribution in [0.5, 0.6) is 0 Å². The average molecular weight is 670 g/mol. The summed E-state index contributed by atoms with van der Waals surface area (Å²) in [5.41, 5.74) is 5.76. The molecule has 0 bridgehead atoms. The van der Waals surface area contributed by atoms with Gasteiger partial charge in [-0.25, -0.2) is 22.2 Å². The van der Waals surface area contributed by atoms with Crippen LogP contribution in [0.4, 0.5) is 14.5 Å². The van der Waals surface area contributed by atoms with Crippen molar-refractivity contribution in [2.45, 2.75) is 46.4 Å². The Kier molecular flexibility index (Phi) is 11.5. The van der Waals surface area contributed by atoms with E-state index in [0.29, 0.717) is 22.6 Å². The normalized spacial score (nSPS) is 12.2. The molecule has 0 aliphatic carbocycles. The van der Waals surface area contributed by atoms with Gasteiger partial charge in [0.1, 0.15) is 17.5 Å². The molecule has 9 nitrogen and oxygen atoms in total. The number of esters is 1. The molecule has 2 aromatic heterocycles. The van der Waals surface area contributed by atoms with Crippen molar-refractivity contribution in [3.05, 3.63) is 82.6 Å². The number of ether oxygens (including phenoxy) is 1. The Labute approximate surface area is 265 Å². The molecule has 0 amide bonds. The van der Waals surface area contributed by atoms with Gasteiger partial charge in [-0.1, -0.05) is 44.5 Å². The van der Waals surface area contributed by atoms with Crippen molar-refractivity contribution in [1.82, 2.24) is 9.55 Å². The molecule has 2 heterocycles. The molecule has 14 heteroatoms. The highest BCUT2D eigenvalue weighted by Gasteiger charge is 2.27. The van der Waals surface area contributed by atoms with Gasteiger partial charge < -0.3 is 10.5 Å². The van der Waals surface area contributed by atoms with Gasteiger partial charge in [-0.05, 0) is 54.7 Å². The number of ketones is 1. The highest BCUT2D eigenvalue weighted by Crippen LogP contribution is 2.31. The number of hydrogen-bond acceptors (Lipinski definition) is 7. The van der Waals surface area contributed by atoms with Gasteiger partial charge in [-0.3, -0.25) is 18.9 Å². The van der Waals surface area contributed by atoms with E-state index >= 15 is 8.78 Å². The van der Waals surface area contributed by atoms with Crippen LogP contribution >= 0.6 is 24.0 Å². The summed E-state index contributed by atoms with van der Waals surface area (Å²) in [6.07, 6.45) is 3.47. The number of pyridine rings is 1. The lowest BCUT2D eigenvalue weighted by molar-refractivity contribution is -0.149. The molecule has 0 saturated heterocycles. The van der Waals surface area contributed by atoms with Crippen LogP contribution in [-0.4, -0.2) is 41.5 Å². The zero-order valence-electron chi connectivity index (χ0n) is 24.1. The maximum atomic E-state index is 15.6. The molecule has 4 aromatic rings. The van der Waals surface area contributed by atoms with Crippen LogP contribution < -0.4 is 10.5 Å². The van der Waals surface area contributed by atoms with Gasteiger partial charge in [0.25, 0.3) is 0 Å². The van der Waals surface area contributed by atoms with E-state index in [1.807, 2.05) is 13.8 Å². The Morgan fingerprint density at radius 3 is 2.43 bits per heavy atom. The molecule has 3 N–H and O–H groups in total. The first-order chi connectivity index (χ1) is 20.3. The summed E-state index contributed by atoms with van der Waals surface area (Å²) >= 11 is 6.01. The van der Waals surface area contributed by atoms with Crippen LogP contribution in [0.25, 0.3) is 22.2 Å². The molecule has 44 heavy (non-hydrogen) atoms. The second kappa shape index (κ2) is 14.5. The summed E-state index contributed by atoms with van der Waals surface area (Å²) in [5.74, 6) is -4.41. The highest BCUT2D eigenvalue weighted by molar-refractivity contribution is 7.92. The van der Waals surface area contributed by atoms with Crippen LogP contribution in [0.3, 0.4) is 0 Å². The number of rotatable bonds is 12. The van der Waals surface area contributed by atoms with Crippen LogP contribution in [0.15, 0.2) is 54.9 Å². The number of halogens is 4. The molecule has 4 rings (SSSR count).